The first-order valence-electron chi connectivity index (χ1n) is 10.0. The highest BCUT2D eigenvalue weighted by atomic mass is 32.2. The Hall–Kier alpha value is -4.25. The zero-order valence-corrected chi connectivity index (χ0v) is 18.5. The highest BCUT2D eigenvalue weighted by molar-refractivity contribution is 7.91. The molecule has 8 nitrogen and oxygen atoms in total. The Labute approximate surface area is 197 Å². The second-order valence-corrected chi connectivity index (χ2v) is 9.34. The van der Waals surface area contributed by atoms with Gasteiger partial charge in [0.05, 0.1) is 10.5 Å². The molecule has 11 heteroatoms. The Morgan fingerprint density at radius 1 is 0.829 bits per heavy atom. The lowest BCUT2D eigenvalue weighted by molar-refractivity contribution is -0.119. The summed E-state index contributed by atoms with van der Waals surface area (Å²) in [4.78, 5) is 49.1. The van der Waals surface area contributed by atoms with Crippen LogP contribution in [0.5, 0.6) is 0 Å². The maximum absolute atomic E-state index is 12.8. The molecule has 0 radical (unpaired) electrons. The third-order valence-corrected chi connectivity index (χ3v) is 6.59. The molecule has 0 fully saturated rings. The zero-order valence-electron chi connectivity index (χ0n) is 17.7. The van der Waals surface area contributed by atoms with E-state index in [2.05, 4.69) is 5.32 Å². The minimum Gasteiger partial charge on any atom is -0.452 e. The van der Waals surface area contributed by atoms with E-state index < -0.39 is 39.0 Å². The number of hydrogen-bond donors (Lipinski definition) is 1. The molecule has 0 bridgehead atoms. The fraction of sp³-hybridized carbons (Fsp3) is 0.0833. The standard InChI is InChI=1S/C24H15F2NO7S/c25-24(26)35(32,33)15-8-5-13(6-9-15)23(31)34-12-20(28)27-14-7-10-18-19(11-14)22(30)17-4-2-1-3-16(17)21(18)29/h1-11,24H,12H2,(H,27,28). The molecule has 0 saturated heterocycles. The van der Waals surface area contributed by atoms with Gasteiger partial charge in [0.1, 0.15) is 0 Å². The smallest absolute Gasteiger partial charge is 0.341 e. The van der Waals surface area contributed by atoms with Crippen molar-refractivity contribution in [3.63, 3.8) is 0 Å². The molecule has 35 heavy (non-hydrogen) atoms. The number of halogens is 2. The summed E-state index contributed by atoms with van der Waals surface area (Å²) in [5.74, 6) is -6.01. The molecule has 1 aliphatic carbocycles. The number of ether oxygens (including phenoxy) is 1. The van der Waals surface area contributed by atoms with Gasteiger partial charge >= 0.3 is 11.7 Å². The summed E-state index contributed by atoms with van der Waals surface area (Å²) in [6, 6.07) is 14.2. The van der Waals surface area contributed by atoms with Crippen molar-refractivity contribution in [2.75, 3.05) is 11.9 Å². The molecular formula is C24H15F2NO7S. The van der Waals surface area contributed by atoms with Crippen LogP contribution in [0.25, 0.3) is 0 Å². The molecule has 0 unspecified atom stereocenters. The number of anilines is 1. The normalized spacial score (nSPS) is 12.7. The van der Waals surface area contributed by atoms with E-state index in [1.54, 1.807) is 24.3 Å². The fourth-order valence-corrected chi connectivity index (χ4v) is 4.19. The van der Waals surface area contributed by atoms with Gasteiger partial charge in [-0.15, -0.1) is 0 Å². The number of amides is 1. The summed E-state index contributed by atoms with van der Waals surface area (Å²) in [6.07, 6.45) is 0. The van der Waals surface area contributed by atoms with Crippen LogP contribution in [-0.2, 0) is 19.4 Å². The van der Waals surface area contributed by atoms with Gasteiger partial charge in [-0.2, -0.15) is 8.78 Å². The number of hydrogen-bond acceptors (Lipinski definition) is 7. The number of fused-ring (bicyclic) bond motifs is 2. The average Bonchev–Trinajstić information content (AvgIpc) is 2.85. The average molecular weight is 499 g/mol. The van der Waals surface area contributed by atoms with Gasteiger partial charge in [0, 0.05) is 27.9 Å². The molecule has 4 rings (SSSR count). The lowest BCUT2D eigenvalue weighted by atomic mass is 9.84. The molecule has 0 atom stereocenters. The van der Waals surface area contributed by atoms with Crippen molar-refractivity contribution in [2.24, 2.45) is 0 Å². The Bertz CT molecular complexity index is 1480. The summed E-state index contributed by atoms with van der Waals surface area (Å²) in [6.45, 7) is -0.720. The van der Waals surface area contributed by atoms with Gasteiger partial charge in [0.2, 0.25) is 9.84 Å². The second kappa shape index (κ2) is 9.18. The van der Waals surface area contributed by atoms with Crippen LogP contribution in [0.1, 0.15) is 42.2 Å². The van der Waals surface area contributed by atoms with Gasteiger partial charge in [-0.25, -0.2) is 13.2 Å². The monoisotopic (exact) mass is 499 g/mol. The van der Waals surface area contributed by atoms with Crippen molar-refractivity contribution in [1.29, 1.82) is 0 Å². The van der Waals surface area contributed by atoms with E-state index in [0.29, 0.717) is 5.56 Å². The molecule has 0 aliphatic heterocycles. The fourth-order valence-electron chi connectivity index (χ4n) is 3.47. The van der Waals surface area contributed by atoms with E-state index in [9.17, 15) is 36.4 Å². The number of nitrogens with one attached hydrogen (secondary N) is 1. The summed E-state index contributed by atoms with van der Waals surface area (Å²) >= 11 is 0. The van der Waals surface area contributed by atoms with Crippen molar-refractivity contribution in [3.8, 4) is 0 Å². The van der Waals surface area contributed by atoms with Crippen molar-refractivity contribution in [3.05, 3.63) is 94.5 Å². The minimum atomic E-state index is -4.80. The van der Waals surface area contributed by atoms with Crippen molar-refractivity contribution >= 4 is 39.0 Å². The highest BCUT2D eigenvalue weighted by Crippen LogP contribution is 2.29. The SMILES string of the molecule is O=C(COC(=O)c1ccc(S(=O)(=O)C(F)F)cc1)Nc1ccc2c(c1)C(=O)c1ccccc1C2=O. The van der Waals surface area contributed by atoms with Gasteiger partial charge in [-0.3, -0.25) is 14.4 Å². The molecule has 0 heterocycles. The van der Waals surface area contributed by atoms with E-state index in [0.717, 1.165) is 24.3 Å². The predicted octanol–water partition coefficient (Wildman–Crippen LogP) is 3.25. The largest absolute Gasteiger partial charge is 0.452 e. The Morgan fingerprint density at radius 2 is 1.40 bits per heavy atom. The zero-order chi connectivity index (χ0) is 25.3. The number of rotatable bonds is 6. The molecule has 0 aromatic heterocycles. The maximum atomic E-state index is 12.8. The number of sulfone groups is 1. The van der Waals surface area contributed by atoms with Crippen molar-refractivity contribution in [2.45, 2.75) is 10.7 Å². The van der Waals surface area contributed by atoms with Gasteiger partial charge in [0.15, 0.2) is 18.2 Å². The van der Waals surface area contributed by atoms with Crippen LogP contribution in [-0.4, -0.2) is 44.2 Å². The lowest BCUT2D eigenvalue weighted by Crippen LogP contribution is -2.23. The third kappa shape index (κ3) is 4.58. The number of ketones is 2. The van der Waals surface area contributed by atoms with Crippen molar-refractivity contribution < 1.29 is 41.1 Å². The second-order valence-electron chi connectivity index (χ2n) is 7.42. The molecule has 3 aromatic carbocycles. The van der Waals surface area contributed by atoms with E-state index in [4.69, 9.17) is 4.74 Å². The summed E-state index contributed by atoms with van der Waals surface area (Å²) in [5, 5.41) is 2.46. The first-order chi connectivity index (χ1) is 16.6. The number of carbonyl (C=O) groups excluding carboxylic acids is 4. The van der Waals surface area contributed by atoms with E-state index in [-0.39, 0.29) is 39.5 Å². The lowest BCUT2D eigenvalue weighted by Gasteiger charge is -2.18. The maximum Gasteiger partial charge on any atom is 0.341 e. The van der Waals surface area contributed by atoms with Crippen LogP contribution in [0, 0.1) is 0 Å². The van der Waals surface area contributed by atoms with Gasteiger partial charge in [-0.05, 0) is 42.5 Å². The van der Waals surface area contributed by atoms with Crippen LogP contribution in [0.2, 0.25) is 0 Å². The minimum absolute atomic E-state index is 0.127. The summed E-state index contributed by atoms with van der Waals surface area (Å²) < 4.78 is 52.9. The first-order valence-corrected chi connectivity index (χ1v) is 11.6. The van der Waals surface area contributed by atoms with E-state index >= 15 is 0 Å². The number of carbonyl (C=O) groups is 4. The Morgan fingerprint density at radius 3 is 2.00 bits per heavy atom. The Balaban J connectivity index is 1.40. The Kier molecular flexibility index (Phi) is 6.27. The van der Waals surface area contributed by atoms with Crippen molar-refractivity contribution in [1.82, 2.24) is 0 Å². The predicted molar refractivity (Wildman–Crippen MR) is 118 cm³/mol. The third-order valence-electron chi connectivity index (χ3n) is 5.20. The molecule has 1 amide bonds. The molecule has 1 aliphatic rings. The van der Waals surface area contributed by atoms with E-state index in [1.807, 2.05) is 0 Å². The van der Waals surface area contributed by atoms with Gasteiger partial charge in [-0.1, -0.05) is 24.3 Å². The van der Waals surface area contributed by atoms with E-state index in [1.165, 1.54) is 18.2 Å². The quantitative estimate of drug-likeness (QED) is 0.404. The van der Waals surface area contributed by atoms with Crippen LogP contribution < -0.4 is 5.32 Å². The molecule has 0 spiro atoms. The number of alkyl halides is 2. The number of benzene rings is 3. The summed E-state index contributed by atoms with van der Waals surface area (Å²) in [7, 11) is -4.80. The van der Waals surface area contributed by atoms with Gasteiger partial charge < -0.3 is 10.1 Å². The van der Waals surface area contributed by atoms with Crippen LogP contribution in [0.4, 0.5) is 14.5 Å². The molecule has 178 valence electrons. The van der Waals surface area contributed by atoms with Crippen LogP contribution in [0.3, 0.4) is 0 Å². The van der Waals surface area contributed by atoms with Gasteiger partial charge in [0.25, 0.3) is 5.91 Å². The van der Waals surface area contributed by atoms with Crippen LogP contribution >= 0.6 is 0 Å². The highest BCUT2D eigenvalue weighted by Gasteiger charge is 2.30. The number of esters is 1. The molecular weight excluding hydrogens is 484 g/mol. The molecule has 1 N–H and O–H groups in total. The first kappa shape index (κ1) is 23.9. The molecule has 3 aromatic rings. The van der Waals surface area contributed by atoms with Crippen LogP contribution in [0.15, 0.2) is 71.6 Å². The molecule has 0 saturated carbocycles. The summed E-state index contributed by atoms with van der Waals surface area (Å²) in [5.41, 5.74) is 0.940. The topological polar surface area (TPSA) is 124 Å².